The van der Waals surface area contributed by atoms with Gasteiger partial charge in [-0.2, -0.15) is 0 Å². The van der Waals surface area contributed by atoms with Gasteiger partial charge in [0.05, 0.1) is 0 Å². The van der Waals surface area contributed by atoms with Crippen LogP contribution in [0.4, 0.5) is 0 Å². The maximum atomic E-state index is 5.83. The van der Waals surface area contributed by atoms with Gasteiger partial charge in [-0.15, -0.1) is 0 Å². The Kier molecular flexibility index (Phi) is 2.94. The van der Waals surface area contributed by atoms with E-state index in [1.54, 1.807) is 0 Å². The van der Waals surface area contributed by atoms with Crippen LogP contribution in [0.5, 0.6) is 11.5 Å². The second-order valence-electron chi connectivity index (χ2n) is 5.16. The number of hydrogen-bond acceptors (Lipinski definition) is 2. The van der Waals surface area contributed by atoms with Crippen LogP contribution < -0.4 is 9.47 Å². The van der Waals surface area contributed by atoms with Gasteiger partial charge in [0.15, 0.2) is 11.5 Å². The summed E-state index contributed by atoms with van der Waals surface area (Å²) in [5.41, 5.74) is 6.07. The highest BCUT2D eigenvalue weighted by molar-refractivity contribution is 5.77. The third-order valence-electron chi connectivity index (χ3n) is 3.47. The van der Waals surface area contributed by atoms with Gasteiger partial charge in [-0.05, 0) is 49.6 Å². The Hall–Kier alpha value is -1.96. The van der Waals surface area contributed by atoms with Crippen molar-refractivity contribution in [2.75, 3.05) is 13.2 Å². The van der Waals surface area contributed by atoms with Crippen molar-refractivity contribution in [3.05, 3.63) is 47.0 Å². The lowest BCUT2D eigenvalue weighted by Crippen LogP contribution is -2.16. The molecule has 0 aliphatic carbocycles. The molecule has 1 heterocycles. The van der Waals surface area contributed by atoms with Gasteiger partial charge in [0.1, 0.15) is 13.2 Å². The molecule has 1 aliphatic rings. The third kappa shape index (κ3) is 2.19. The highest BCUT2D eigenvalue weighted by Crippen LogP contribution is 2.42. The summed E-state index contributed by atoms with van der Waals surface area (Å²) < 4.78 is 11.5. The molecule has 0 bridgehead atoms. The lowest BCUT2D eigenvalue weighted by molar-refractivity contribution is 0.172. The van der Waals surface area contributed by atoms with E-state index in [0.29, 0.717) is 13.2 Å². The van der Waals surface area contributed by atoms with E-state index in [2.05, 4.69) is 45.0 Å². The molecule has 0 saturated carbocycles. The molecule has 0 fully saturated rings. The second kappa shape index (κ2) is 4.61. The highest BCUT2D eigenvalue weighted by Gasteiger charge is 2.18. The second-order valence-corrected chi connectivity index (χ2v) is 5.16. The SMILES string of the molecule is Cc1ccc(C)c(-c2cc(C)cc3c2OCCO3)c1. The number of fused-ring (bicyclic) bond motifs is 1. The van der Waals surface area contributed by atoms with Crippen LogP contribution in [0.25, 0.3) is 11.1 Å². The summed E-state index contributed by atoms with van der Waals surface area (Å²) in [6.45, 7) is 7.58. The van der Waals surface area contributed by atoms with Crippen LogP contribution in [-0.4, -0.2) is 13.2 Å². The fourth-order valence-corrected chi connectivity index (χ4v) is 2.52. The molecule has 0 unspecified atom stereocenters. The van der Waals surface area contributed by atoms with Crippen molar-refractivity contribution in [1.29, 1.82) is 0 Å². The summed E-state index contributed by atoms with van der Waals surface area (Å²) in [6, 6.07) is 10.7. The molecule has 0 N–H and O–H groups in total. The Morgan fingerprint density at radius 3 is 2.37 bits per heavy atom. The molecule has 2 heteroatoms. The Balaban J connectivity index is 2.24. The molecule has 0 radical (unpaired) electrons. The summed E-state index contributed by atoms with van der Waals surface area (Å²) in [5, 5.41) is 0. The minimum atomic E-state index is 0.619. The van der Waals surface area contributed by atoms with Crippen molar-refractivity contribution in [2.24, 2.45) is 0 Å². The monoisotopic (exact) mass is 254 g/mol. The third-order valence-corrected chi connectivity index (χ3v) is 3.47. The average molecular weight is 254 g/mol. The fourth-order valence-electron chi connectivity index (χ4n) is 2.52. The Bertz CT molecular complexity index is 629. The van der Waals surface area contributed by atoms with Crippen LogP contribution in [0.15, 0.2) is 30.3 Å². The first kappa shape index (κ1) is 12.1. The normalized spacial score (nSPS) is 13.4. The molecule has 2 aromatic carbocycles. The molecule has 2 nitrogen and oxygen atoms in total. The van der Waals surface area contributed by atoms with Crippen molar-refractivity contribution >= 4 is 0 Å². The van der Waals surface area contributed by atoms with E-state index in [1.165, 1.54) is 22.3 Å². The lowest BCUT2D eigenvalue weighted by Gasteiger charge is -2.22. The maximum absolute atomic E-state index is 5.83. The van der Waals surface area contributed by atoms with E-state index in [0.717, 1.165) is 17.1 Å². The topological polar surface area (TPSA) is 18.5 Å². The van der Waals surface area contributed by atoms with E-state index in [9.17, 15) is 0 Å². The van der Waals surface area contributed by atoms with E-state index >= 15 is 0 Å². The van der Waals surface area contributed by atoms with Gasteiger partial charge in [-0.3, -0.25) is 0 Å². The average Bonchev–Trinajstić information content (AvgIpc) is 2.40. The van der Waals surface area contributed by atoms with Crippen LogP contribution in [0, 0.1) is 20.8 Å². The zero-order valence-corrected chi connectivity index (χ0v) is 11.6. The van der Waals surface area contributed by atoms with Crippen LogP contribution in [0.3, 0.4) is 0 Å². The first-order chi connectivity index (χ1) is 9.15. The van der Waals surface area contributed by atoms with Crippen LogP contribution in [0.2, 0.25) is 0 Å². The van der Waals surface area contributed by atoms with Gasteiger partial charge >= 0.3 is 0 Å². The molecule has 2 aromatic rings. The predicted molar refractivity (Wildman–Crippen MR) is 77.1 cm³/mol. The van der Waals surface area contributed by atoms with Crippen molar-refractivity contribution in [2.45, 2.75) is 20.8 Å². The Morgan fingerprint density at radius 1 is 0.789 bits per heavy atom. The first-order valence-corrected chi connectivity index (χ1v) is 6.63. The van der Waals surface area contributed by atoms with Gasteiger partial charge < -0.3 is 9.47 Å². The fraction of sp³-hybridized carbons (Fsp3) is 0.294. The molecule has 19 heavy (non-hydrogen) atoms. The van der Waals surface area contributed by atoms with E-state index in [1.807, 2.05) is 6.07 Å². The number of rotatable bonds is 1. The summed E-state index contributed by atoms with van der Waals surface area (Å²) >= 11 is 0. The standard InChI is InChI=1S/C17H18O2/c1-11-4-5-13(3)14(8-11)15-9-12(2)10-16-17(15)19-7-6-18-16/h4-5,8-10H,6-7H2,1-3H3. The van der Waals surface area contributed by atoms with Crippen molar-refractivity contribution in [3.63, 3.8) is 0 Å². The van der Waals surface area contributed by atoms with E-state index in [-0.39, 0.29) is 0 Å². The largest absolute Gasteiger partial charge is 0.486 e. The zero-order valence-electron chi connectivity index (χ0n) is 11.6. The minimum Gasteiger partial charge on any atom is -0.486 e. The number of hydrogen-bond donors (Lipinski definition) is 0. The van der Waals surface area contributed by atoms with Crippen LogP contribution in [-0.2, 0) is 0 Å². The molecular weight excluding hydrogens is 236 g/mol. The van der Waals surface area contributed by atoms with Crippen molar-refractivity contribution in [1.82, 2.24) is 0 Å². The van der Waals surface area contributed by atoms with Crippen LogP contribution in [0.1, 0.15) is 16.7 Å². The predicted octanol–water partition coefficient (Wildman–Crippen LogP) is 4.05. The smallest absolute Gasteiger partial charge is 0.169 e. The number of ether oxygens (including phenoxy) is 2. The van der Waals surface area contributed by atoms with Crippen molar-refractivity contribution in [3.8, 4) is 22.6 Å². The first-order valence-electron chi connectivity index (χ1n) is 6.63. The summed E-state index contributed by atoms with van der Waals surface area (Å²) in [7, 11) is 0. The summed E-state index contributed by atoms with van der Waals surface area (Å²) in [6.07, 6.45) is 0. The highest BCUT2D eigenvalue weighted by atomic mass is 16.6. The molecule has 0 saturated heterocycles. The van der Waals surface area contributed by atoms with Crippen LogP contribution >= 0.6 is 0 Å². The lowest BCUT2D eigenvalue weighted by atomic mass is 9.96. The maximum Gasteiger partial charge on any atom is 0.169 e. The van der Waals surface area contributed by atoms with Gasteiger partial charge in [-0.1, -0.05) is 23.8 Å². The summed E-state index contributed by atoms with van der Waals surface area (Å²) in [5.74, 6) is 1.74. The zero-order chi connectivity index (χ0) is 13.4. The molecule has 0 aromatic heterocycles. The van der Waals surface area contributed by atoms with E-state index < -0.39 is 0 Å². The quantitative estimate of drug-likeness (QED) is 0.764. The van der Waals surface area contributed by atoms with Crippen molar-refractivity contribution < 1.29 is 9.47 Å². The Morgan fingerprint density at radius 2 is 1.53 bits per heavy atom. The van der Waals surface area contributed by atoms with Gasteiger partial charge in [0.25, 0.3) is 0 Å². The molecule has 3 rings (SSSR count). The molecule has 1 aliphatic heterocycles. The molecule has 0 amide bonds. The summed E-state index contributed by atoms with van der Waals surface area (Å²) in [4.78, 5) is 0. The molecule has 0 atom stereocenters. The van der Waals surface area contributed by atoms with E-state index in [4.69, 9.17) is 9.47 Å². The number of benzene rings is 2. The molecule has 0 spiro atoms. The number of aryl methyl sites for hydroxylation is 3. The van der Waals surface area contributed by atoms with Gasteiger partial charge in [0, 0.05) is 5.56 Å². The van der Waals surface area contributed by atoms with Gasteiger partial charge in [-0.25, -0.2) is 0 Å². The molecule has 98 valence electrons. The van der Waals surface area contributed by atoms with Gasteiger partial charge in [0.2, 0.25) is 0 Å². The minimum absolute atomic E-state index is 0.619. The molecular formula is C17H18O2. The Labute approximate surface area is 114 Å².